The van der Waals surface area contributed by atoms with E-state index in [0.717, 1.165) is 43.6 Å². The number of hydrogen-bond donors (Lipinski definition) is 1. The summed E-state index contributed by atoms with van der Waals surface area (Å²) in [6.45, 7) is 4.27. The van der Waals surface area contributed by atoms with Crippen LogP contribution in [0.3, 0.4) is 0 Å². The van der Waals surface area contributed by atoms with Crippen LogP contribution < -0.4 is 10.2 Å². The Morgan fingerprint density at radius 2 is 1.79 bits per heavy atom. The summed E-state index contributed by atoms with van der Waals surface area (Å²) in [5, 5.41) is 11.8. The first-order chi connectivity index (χ1) is 9.40. The summed E-state index contributed by atoms with van der Waals surface area (Å²) < 4.78 is 5.80. The van der Waals surface area contributed by atoms with Gasteiger partial charge in [0.05, 0.1) is 0 Å². The molecule has 2 atom stereocenters. The molecule has 98 valence electrons. The predicted molar refractivity (Wildman–Crippen MR) is 71.8 cm³/mol. The van der Waals surface area contributed by atoms with Crippen molar-refractivity contribution in [2.45, 2.75) is 0 Å². The fraction of sp³-hybridized carbons (Fsp3) is 0.429. The topological polar surface area (TPSA) is 54.2 Å². The van der Waals surface area contributed by atoms with Crippen LogP contribution in [0.15, 0.2) is 34.7 Å². The molecule has 19 heavy (non-hydrogen) atoms. The Hall–Kier alpha value is -1.88. The van der Waals surface area contributed by atoms with Gasteiger partial charge in [0, 0.05) is 31.7 Å². The molecule has 1 aromatic heterocycles. The average molecular weight is 256 g/mol. The summed E-state index contributed by atoms with van der Waals surface area (Å²) in [7, 11) is 0. The fourth-order valence-corrected chi connectivity index (χ4v) is 3.05. The highest BCUT2D eigenvalue weighted by Gasteiger charge is 2.37. The first-order valence-electron chi connectivity index (χ1n) is 6.75. The van der Waals surface area contributed by atoms with Crippen molar-refractivity contribution < 1.29 is 4.42 Å². The SMILES string of the molecule is c1ccc(-c2nnc(N3CC4CNCC4C3)o2)cc1. The van der Waals surface area contributed by atoms with Crippen LogP contribution in [0, 0.1) is 11.8 Å². The van der Waals surface area contributed by atoms with Gasteiger partial charge in [-0.2, -0.15) is 0 Å². The van der Waals surface area contributed by atoms with E-state index >= 15 is 0 Å². The Balaban J connectivity index is 1.56. The summed E-state index contributed by atoms with van der Waals surface area (Å²) >= 11 is 0. The molecule has 2 saturated heterocycles. The minimum Gasteiger partial charge on any atom is -0.403 e. The zero-order chi connectivity index (χ0) is 12.7. The lowest BCUT2D eigenvalue weighted by Gasteiger charge is -2.13. The molecule has 2 unspecified atom stereocenters. The van der Waals surface area contributed by atoms with E-state index in [1.165, 1.54) is 0 Å². The molecule has 5 heteroatoms. The van der Waals surface area contributed by atoms with Gasteiger partial charge < -0.3 is 14.6 Å². The van der Waals surface area contributed by atoms with Crippen molar-refractivity contribution in [3.63, 3.8) is 0 Å². The van der Waals surface area contributed by atoms with Gasteiger partial charge in [0.15, 0.2) is 0 Å². The van der Waals surface area contributed by atoms with E-state index in [0.29, 0.717) is 11.9 Å². The number of aromatic nitrogens is 2. The molecule has 0 aliphatic carbocycles. The molecule has 0 bridgehead atoms. The highest BCUT2D eigenvalue weighted by molar-refractivity contribution is 5.53. The lowest BCUT2D eigenvalue weighted by atomic mass is 10.0. The van der Waals surface area contributed by atoms with Gasteiger partial charge in [0.25, 0.3) is 0 Å². The molecule has 0 radical (unpaired) electrons. The highest BCUT2D eigenvalue weighted by atomic mass is 16.4. The predicted octanol–water partition coefficient (Wildman–Crippen LogP) is 1.39. The number of rotatable bonds is 2. The Morgan fingerprint density at radius 1 is 1.05 bits per heavy atom. The second kappa shape index (κ2) is 4.35. The molecule has 0 saturated carbocycles. The summed E-state index contributed by atoms with van der Waals surface area (Å²) in [5.41, 5.74) is 0.974. The quantitative estimate of drug-likeness (QED) is 0.880. The molecule has 5 nitrogen and oxygen atoms in total. The van der Waals surface area contributed by atoms with E-state index in [4.69, 9.17) is 4.42 Å². The smallest absolute Gasteiger partial charge is 0.318 e. The Kier molecular flexibility index (Phi) is 2.51. The van der Waals surface area contributed by atoms with Crippen molar-refractivity contribution in [1.82, 2.24) is 15.5 Å². The first kappa shape index (κ1) is 11.0. The average Bonchev–Trinajstić information content (AvgIpc) is 3.14. The molecule has 0 amide bonds. The van der Waals surface area contributed by atoms with Crippen LogP contribution in [0.2, 0.25) is 0 Å². The summed E-state index contributed by atoms with van der Waals surface area (Å²) in [4.78, 5) is 2.22. The third kappa shape index (κ3) is 1.90. The maximum Gasteiger partial charge on any atom is 0.318 e. The largest absolute Gasteiger partial charge is 0.403 e. The second-order valence-electron chi connectivity index (χ2n) is 5.34. The van der Waals surface area contributed by atoms with Crippen molar-refractivity contribution in [3.8, 4) is 11.5 Å². The molecule has 2 aromatic rings. The Morgan fingerprint density at radius 3 is 2.53 bits per heavy atom. The van der Waals surface area contributed by atoms with Gasteiger partial charge >= 0.3 is 6.01 Å². The Bertz CT molecular complexity index is 556. The fourth-order valence-electron chi connectivity index (χ4n) is 3.05. The van der Waals surface area contributed by atoms with Gasteiger partial charge in [-0.05, 0) is 24.0 Å². The lowest BCUT2D eigenvalue weighted by molar-refractivity contribution is 0.533. The van der Waals surface area contributed by atoms with Gasteiger partial charge in [-0.3, -0.25) is 0 Å². The third-order valence-electron chi connectivity index (χ3n) is 4.10. The van der Waals surface area contributed by atoms with Gasteiger partial charge in [0.2, 0.25) is 5.89 Å². The first-order valence-corrected chi connectivity index (χ1v) is 6.75. The number of benzene rings is 1. The summed E-state index contributed by atoms with van der Waals surface area (Å²) in [6.07, 6.45) is 0. The van der Waals surface area contributed by atoms with Gasteiger partial charge in [0.1, 0.15) is 0 Å². The molecular weight excluding hydrogens is 240 g/mol. The minimum atomic E-state index is 0.603. The molecule has 2 aliphatic heterocycles. The zero-order valence-electron chi connectivity index (χ0n) is 10.6. The van der Waals surface area contributed by atoms with Gasteiger partial charge in [-0.15, -0.1) is 5.10 Å². The standard InChI is InChI=1S/C14H16N4O/c1-2-4-10(5-3-1)13-16-17-14(19-13)18-8-11-6-15-7-12(11)9-18/h1-5,11-12,15H,6-9H2. The van der Waals surface area contributed by atoms with Crippen LogP contribution in [-0.4, -0.2) is 36.4 Å². The molecule has 1 aromatic carbocycles. The van der Waals surface area contributed by atoms with E-state index in [9.17, 15) is 0 Å². The highest BCUT2D eigenvalue weighted by Crippen LogP contribution is 2.31. The van der Waals surface area contributed by atoms with Crippen LogP contribution in [0.5, 0.6) is 0 Å². The van der Waals surface area contributed by atoms with Gasteiger partial charge in [-0.1, -0.05) is 23.3 Å². The summed E-state index contributed by atoms with van der Waals surface area (Å²) in [6, 6.07) is 10.6. The number of anilines is 1. The third-order valence-corrected chi connectivity index (χ3v) is 4.10. The van der Waals surface area contributed by atoms with Crippen LogP contribution in [0.4, 0.5) is 6.01 Å². The monoisotopic (exact) mass is 256 g/mol. The maximum atomic E-state index is 5.80. The van der Waals surface area contributed by atoms with Crippen molar-refractivity contribution >= 4 is 6.01 Å². The molecule has 2 fully saturated rings. The van der Waals surface area contributed by atoms with Crippen LogP contribution >= 0.6 is 0 Å². The van der Waals surface area contributed by atoms with E-state index in [-0.39, 0.29) is 0 Å². The number of hydrogen-bond acceptors (Lipinski definition) is 5. The zero-order valence-corrected chi connectivity index (χ0v) is 10.6. The molecule has 0 spiro atoms. The van der Waals surface area contributed by atoms with E-state index < -0.39 is 0 Å². The van der Waals surface area contributed by atoms with Crippen molar-refractivity contribution in [2.75, 3.05) is 31.1 Å². The van der Waals surface area contributed by atoms with E-state index in [1.54, 1.807) is 0 Å². The molecular formula is C14H16N4O. The van der Waals surface area contributed by atoms with E-state index in [1.807, 2.05) is 30.3 Å². The van der Waals surface area contributed by atoms with Gasteiger partial charge in [-0.25, -0.2) is 0 Å². The molecule has 2 aliphatic rings. The number of fused-ring (bicyclic) bond motifs is 1. The van der Waals surface area contributed by atoms with Crippen molar-refractivity contribution in [1.29, 1.82) is 0 Å². The number of nitrogens with zero attached hydrogens (tertiary/aromatic N) is 3. The lowest BCUT2D eigenvalue weighted by Crippen LogP contribution is -2.25. The van der Waals surface area contributed by atoms with Crippen LogP contribution in [0.25, 0.3) is 11.5 Å². The Labute approximate surface area is 111 Å². The van der Waals surface area contributed by atoms with E-state index in [2.05, 4.69) is 20.4 Å². The number of nitrogens with one attached hydrogen (secondary N) is 1. The normalized spacial score (nSPS) is 25.8. The minimum absolute atomic E-state index is 0.603. The van der Waals surface area contributed by atoms with Crippen LogP contribution in [0.1, 0.15) is 0 Å². The maximum absolute atomic E-state index is 5.80. The van der Waals surface area contributed by atoms with Crippen LogP contribution in [-0.2, 0) is 0 Å². The van der Waals surface area contributed by atoms with Crippen molar-refractivity contribution in [2.24, 2.45) is 11.8 Å². The van der Waals surface area contributed by atoms with Crippen molar-refractivity contribution in [3.05, 3.63) is 30.3 Å². The second-order valence-corrected chi connectivity index (χ2v) is 5.34. The molecule has 4 rings (SSSR count). The summed E-state index contributed by atoms with van der Waals surface area (Å²) in [5.74, 6) is 2.06. The molecule has 3 heterocycles. The molecule has 1 N–H and O–H groups in total.